The Kier molecular flexibility index (Phi) is 7.29. The molecule has 0 N–H and O–H groups in total. The summed E-state index contributed by atoms with van der Waals surface area (Å²) in [5.74, 6) is 0. The molecule has 1 rings (SSSR count). The van der Waals surface area contributed by atoms with Gasteiger partial charge in [0.15, 0.2) is 0 Å². The summed E-state index contributed by atoms with van der Waals surface area (Å²) in [4.78, 5) is 0. The maximum atomic E-state index is 6.32. The maximum Gasteiger partial charge on any atom is 0.0775 e. The van der Waals surface area contributed by atoms with E-state index in [9.17, 15) is 0 Å². The Labute approximate surface area is 115 Å². The number of halogens is 1. The first-order chi connectivity index (χ1) is 7.72. The van der Waals surface area contributed by atoms with Gasteiger partial charge in [0.1, 0.15) is 0 Å². The zero-order valence-corrected chi connectivity index (χ0v) is 13.1. The molecule has 0 aliphatic heterocycles. The zero-order valence-electron chi connectivity index (χ0n) is 10.9. The highest BCUT2D eigenvalue weighted by Crippen LogP contribution is 2.36. The molecule has 0 radical (unpaired) electrons. The molecule has 16 heavy (non-hydrogen) atoms. The third kappa shape index (κ3) is 4.91. The Morgan fingerprint density at radius 1 is 1.19 bits per heavy atom. The second kappa shape index (κ2) is 7.91. The molecule has 1 fully saturated rings. The monoisotopic (exact) mass is 338 g/mol. The molecule has 0 spiro atoms. The Morgan fingerprint density at radius 3 is 2.44 bits per heavy atom. The quantitative estimate of drug-likeness (QED) is 0.339. The van der Waals surface area contributed by atoms with Gasteiger partial charge in [-0.25, -0.2) is 0 Å². The van der Waals surface area contributed by atoms with Crippen LogP contribution in [-0.2, 0) is 4.74 Å². The van der Waals surface area contributed by atoms with Crippen molar-refractivity contribution in [1.82, 2.24) is 0 Å². The van der Waals surface area contributed by atoms with E-state index in [1.54, 1.807) is 0 Å². The second-order valence-corrected chi connectivity index (χ2v) is 6.06. The van der Waals surface area contributed by atoms with Crippen LogP contribution < -0.4 is 0 Å². The summed E-state index contributed by atoms with van der Waals surface area (Å²) < 4.78 is 7.49. The number of hydrogen-bond acceptors (Lipinski definition) is 1. The van der Waals surface area contributed by atoms with E-state index in [-0.39, 0.29) is 5.60 Å². The second-order valence-electron chi connectivity index (χ2n) is 5.30. The van der Waals surface area contributed by atoms with Gasteiger partial charge in [0.2, 0.25) is 0 Å². The molecule has 1 unspecified atom stereocenters. The first kappa shape index (κ1) is 14.7. The highest BCUT2D eigenvalue weighted by atomic mass is 127. The molecule has 1 nitrogen and oxygen atoms in total. The van der Waals surface area contributed by atoms with Crippen molar-refractivity contribution in [1.29, 1.82) is 0 Å². The molecule has 1 aliphatic carbocycles. The molecular weight excluding hydrogens is 311 g/mol. The van der Waals surface area contributed by atoms with Crippen LogP contribution in [0.2, 0.25) is 0 Å². The molecule has 1 aliphatic rings. The Hall–Kier alpha value is 0.690. The third-order valence-corrected chi connectivity index (χ3v) is 5.06. The van der Waals surface area contributed by atoms with E-state index in [1.807, 2.05) is 0 Å². The van der Waals surface area contributed by atoms with Gasteiger partial charge >= 0.3 is 0 Å². The average Bonchev–Trinajstić information content (AvgIpc) is 2.74. The molecular formula is C14H27IO. The van der Waals surface area contributed by atoms with Gasteiger partial charge in [0.25, 0.3) is 0 Å². The highest BCUT2D eigenvalue weighted by molar-refractivity contribution is 14.1. The summed E-state index contributed by atoms with van der Waals surface area (Å²) in [5.41, 5.74) is 0.241. The minimum Gasteiger partial charge on any atom is -0.371 e. The van der Waals surface area contributed by atoms with E-state index in [0.717, 1.165) is 0 Å². The van der Waals surface area contributed by atoms with Crippen molar-refractivity contribution >= 4 is 22.6 Å². The summed E-state index contributed by atoms with van der Waals surface area (Å²) in [7, 11) is 0. The molecule has 0 aromatic carbocycles. The number of alkyl halides is 1. The summed E-state index contributed by atoms with van der Waals surface area (Å²) >= 11 is 2.50. The van der Waals surface area contributed by atoms with Crippen LogP contribution in [0, 0.1) is 0 Å². The number of rotatable bonds is 8. The third-order valence-electron chi connectivity index (χ3n) is 3.67. The van der Waals surface area contributed by atoms with E-state index in [1.165, 1.54) is 62.2 Å². The largest absolute Gasteiger partial charge is 0.371 e. The van der Waals surface area contributed by atoms with Crippen molar-refractivity contribution in [3.63, 3.8) is 0 Å². The fourth-order valence-electron chi connectivity index (χ4n) is 2.65. The standard InChI is InChI=1S/C14H27IO/c1-3-4-5-6-9-13(2)16-14(12-15)10-7-8-11-14/h13H,3-12H2,1-2H3. The summed E-state index contributed by atoms with van der Waals surface area (Å²) in [6, 6.07) is 0. The highest BCUT2D eigenvalue weighted by Gasteiger charge is 2.34. The van der Waals surface area contributed by atoms with Crippen molar-refractivity contribution in [2.24, 2.45) is 0 Å². The van der Waals surface area contributed by atoms with E-state index >= 15 is 0 Å². The number of ether oxygens (including phenoxy) is 1. The van der Waals surface area contributed by atoms with E-state index in [2.05, 4.69) is 36.4 Å². The number of hydrogen-bond donors (Lipinski definition) is 0. The van der Waals surface area contributed by atoms with Crippen molar-refractivity contribution in [2.75, 3.05) is 4.43 Å². The summed E-state index contributed by atoms with van der Waals surface area (Å²) in [6.07, 6.45) is 12.4. The van der Waals surface area contributed by atoms with Gasteiger partial charge in [-0.1, -0.05) is 68.0 Å². The smallest absolute Gasteiger partial charge is 0.0775 e. The average molecular weight is 338 g/mol. The first-order valence-electron chi connectivity index (χ1n) is 6.96. The zero-order chi connectivity index (χ0) is 11.9. The lowest BCUT2D eigenvalue weighted by Gasteiger charge is -2.31. The predicted octanol–water partition coefficient (Wildman–Crippen LogP) is 5.11. The molecule has 0 heterocycles. The van der Waals surface area contributed by atoms with Crippen LogP contribution in [0.3, 0.4) is 0 Å². The van der Waals surface area contributed by atoms with Gasteiger partial charge in [-0.15, -0.1) is 0 Å². The van der Waals surface area contributed by atoms with E-state index < -0.39 is 0 Å². The lowest BCUT2D eigenvalue weighted by atomic mass is 10.0. The van der Waals surface area contributed by atoms with Crippen LogP contribution in [0.15, 0.2) is 0 Å². The topological polar surface area (TPSA) is 9.23 Å². The van der Waals surface area contributed by atoms with Crippen molar-refractivity contribution in [3.05, 3.63) is 0 Å². The maximum absolute atomic E-state index is 6.32. The minimum atomic E-state index is 0.241. The first-order valence-corrected chi connectivity index (χ1v) is 8.49. The number of unbranched alkanes of at least 4 members (excludes halogenated alkanes) is 3. The van der Waals surface area contributed by atoms with Crippen LogP contribution in [0.4, 0.5) is 0 Å². The molecule has 0 aromatic rings. The predicted molar refractivity (Wildman–Crippen MR) is 79.4 cm³/mol. The fraction of sp³-hybridized carbons (Fsp3) is 1.00. The molecule has 0 amide bonds. The molecule has 1 atom stereocenters. The van der Waals surface area contributed by atoms with E-state index in [4.69, 9.17) is 4.74 Å². The minimum absolute atomic E-state index is 0.241. The Balaban J connectivity index is 2.18. The SMILES string of the molecule is CCCCCCC(C)OC1(CI)CCCC1. The van der Waals surface area contributed by atoms with Gasteiger partial charge in [-0.3, -0.25) is 0 Å². The van der Waals surface area contributed by atoms with Gasteiger partial charge in [-0.2, -0.15) is 0 Å². The molecule has 0 bridgehead atoms. The fourth-order valence-corrected chi connectivity index (χ4v) is 3.59. The molecule has 1 saturated carbocycles. The molecule has 0 aromatic heterocycles. The summed E-state index contributed by atoms with van der Waals surface area (Å²) in [5, 5.41) is 0. The van der Waals surface area contributed by atoms with Crippen LogP contribution in [0.1, 0.15) is 71.6 Å². The normalized spacial score (nSPS) is 21.2. The molecule has 96 valence electrons. The lowest BCUT2D eigenvalue weighted by molar-refractivity contribution is -0.0690. The van der Waals surface area contributed by atoms with Gasteiger partial charge in [-0.05, 0) is 26.2 Å². The lowest BCUT2D eigenvalue weighted by Crippen LogP contribution is -2.34. The molecule has 0 saturated heterocycles. The van der Waals surface area contributed by atoms with E-state index in [0.29, 0.717) is 6.10 Å². The summed E-state index contributed by atoms with van der Waals surface area (Å²) in [6.45, 7) is 4.53. The Morgan fingerprint density at radius 2 is 1.88 bits per heavy atom. The van der Waals surface area contributed by atoms with Gasteiger partial charge in [0.05, 0.1) is 11.7 Å². The molecule has 2 heteroatoms. The van der Waals surface area contributed by atoms with Crippen LogP contribution >= 0.6 is 22.6 Å². The van der Waals surface area contributed by atoms with Crippen LogP contribution in [-0.4, -0.2) is 16.1 Å². The van der Waals surface area contributed by atoms with Gasteiger partial charge < -0.3 is 4.74 Å². The Bertz CT molecular complexity index is 176. The van der Waals surface area contributed by atoms with Crippen LogP contribution in [0.25, 0.3) is 0 Å². The van der Waals surface area contributed by atoms with Crippen molar-refractivity contribution in [2.45, 2.75) is 83.3 Å². The van der Waals surface area contributed by atoms with Crippen molar-refractivity contribution < 1.29 is 4.74 Å². The van der Waals surface area contributed by atoms with Gasteiger partial charge in [0, 0.05) is 4.43 Å². The van der Waals surface area contributed by atoms with Crippen LogP contribution in [0.5, 0.6) is 0 Å². The van der Waals surface area contributed by atoms with Crippen molar-refractivity contribution in [3.8, 4) is 0 Å².